The van der Waals surface area contributed by atoms with Gasteiger partial charge in [0.2, 0.25) is 0 Å². The Hall–Kier alpha value is -0.900. The van der Waals surface area contributed by atoms with Crippen LogP contribution in [0, 0.1) is 0 Å². The number of esters is 1. The summed E-state index contributed by atoms with van der Waals surface area (Å²) in [6, 6.07) is -0.592. The maximum absolute atomic E-state index is 11.1. The summed E-state index contributed by atoms with van der Waals surface area (Å²) in [5.74, 6) is -0.815. The number of carbonyl (C=O) groups is 1. The fraction of sp³-hybridized carbons (Fsp3) is 0.143. The van der Waals surface area contributed by atoms with Crippen molar-refractivity contribution in [2.24, 2.45) is 0 Å². The Labute approximate surface area is 76.7 Å². The maximum Gasteiger partial charge on any atom is 0.356 e. The Morgan fingerprint density at radius 3 is 3.18 bits per heavy atom. The van der Waals surface area contributed by atoms with Crippen LogP contribution in [0.5, 0.6) is 0 Å². The third-order valence-electron chi connectivity index (χ3n) is 0.935. The molecule has 58 valence electrons. The van der Waals surface area contributed by atoms with Gasteiger partial charge in [-0.15, -0.1) is 0 Å². The number of carbonyl (C=O) groups excluding carboxylic acids is 1. The number of ether oxygens (including phenoxy) is 1. The normalized spacial score (nSPS) is 13.1. The molecule has 1 aromatic heterocycles. The van der Waals surface area contributed by atoms with Crippen LogP contribution < -0.4 is 0 Å². The fourth-order valence-corrected chi connectivity index (χ4v) is 0.656. The molecule has 4 heteroatoms. The van der Waals surface area contributed by atoms with Gasteiger partial charge in [0.15, 0.2) is 0 Å². The van der Waals surface area contributed by atoms with Crippen molar-refractivity contribution in [1.29, 1.82) is 0 Å². The summed E-state index contributed by atoms with van der Waals surface area (Å²) in [7, 11) is 1.15. The minimum atomic E-state index is -0.815. The first kappa shape index (κ1) is 4.87. The minimum Gasteiger partial charge on any atom is -0.464 e. The van der Waals surface area contributed by atoms with Gasteiger partial charge in [-0.05, 0) is 28.0 Å². The van der Waals surface area contributed by atoms with Crippen LogP contribution in [0.4, 0.5) is 0 Å². The van der Waals surface area contributed by atoms with E-state index in [0.717, 1.165) is 7.11 Å². The summed E-state index contributed by atoms with van der Waals surface area (Å²) in [4.78, 5) is 14.6. The molecule has 0 bridgehead atoms. The summed E-state index contributed by atoms with van der Waals surface area (Å²) in [5.41, 5.74) is -0.314. The molecule has 0 saturated heterocycles. The number of pyridine rings is 1. The highest BCUT2D eigenvalue weighted by atomic mass is 79.9. The molecule has 0 spiro atoms. The Morgan fingerprint density at radius 2 is 2.55 bits per heavy atom. The summed E-state index contributed by atoms with van der Waals surface area (Å²) >= 11 is 2.93. The van der Waals surface area contributed by atoms with Gasteiger partial charge < -0.3 is 4.74 Å². The van der Waals surface area contributed by atoms with Crippen LogP contribution in [0.25, 0.3) is 0 Å². The van der Waals surface area contributed by atoms with Crippen molar-refractivity contribution < 1.29 is 13.6 Å². The quantitative estimate of drug-likeness (QED) is 0.674. The Morgan fingerprint density at radius 1 is 1.82 bits per heavy atom. The molecule has 1 heterocycles. The molecule has 0 saturated carbocycles. The summed E-state index contributed by atoms with van der Waals surface area (Å²) in [6.45, 7) is 0. The summed E-state index contributed by atoms with van der Waals surface area (Å²) < 4.78 is 26.5. The third-order valence-corrected chi connectivity index (χ3v) is 1.31. The number of rotatable bonds is 1. The van der Waals surface area contributed by atoms with Crippen molar-refractivity contribution in [1.82, 2.24) is 4.98 Å². The van der Waals surface area contributed by atoms with Gasteiger partial charge in [-0.2, -0.15) is 0 Å². The lowest BCUT2D eigenvalue weighted by Crippen LogP contribution is -2.02. The van der Waals surface area contributed by atoms with Gasteiger partial charge in [-0.25, -0.2) is 9.78 Å². The number of methoxy groups -OCH3 is 1. The lowest BCUT2D eigenvalue weighted by molar-refractivity contribution is 0.0594. The van der Waals surface area contributed by atoms with E-state index in [-0.39, 0.29) is 28.4 Å². The zero-order chi connectivity index (χ0) is 10.9. The Balaban J connectivity index is 3.40. The molecule has 0 N–H and O–H groups in total. The van der Waals surface area contributed by atoms with Crippen molar-refractivity contribution in [2.45, 2.75) is 0 Å². The first-order valence-electron chi connectivity index (χ1n) is 4.20. The van der Waals surface area contributed by atoms with E-state index < -0.39 is 5.97 Å². The highest BCUT2D eigenvalue weighted by Crippen LogP contribution is 2.07. The second-order valence-electron chi connectivity index (χ2n) is 1.63. The van der Waals surface area contributed by atoms with Crippen molar-refractivity contribution in [3.63, 3.8) is 0 Å². The highest BCUT2D eigenvalue weighted by molar-refractivity contribution is 9.10. The van der Waals surface area contributed by atoms with E-state index in [4.69, 9.17) is 4.11 Å². The van der Waals surface area contributed by atoms with E-state index in [2.05, 4.69) is 25.7 Å². The Kier molecular flexibility index (Phi) is 1.54. The van der Waals surface area contributed by atoms with E-state index in [1.54, 1.807) is 0 Å². The molecular formula is C7H6BrNO2. The molecule has 0 aromatic carbocycles. The number of halogens is 1. The molecule has 0 aliphatic heterocycles. The van der Waals surface area contributed by atoms with Crippen molar-refractivity contribution in [3.05, 3.63) is 28.4 Å². The Bertz CT molecular complexity index is 397. The van der Waals surface area contributed by atoms with Crippen LogP contribution in [0.1, 0.15) is 14.6 Å². The van der Waals surface area contributed by atoms with Crippen LogP contribution in [0.2, 0.25) is 0 Å². The molecule has 1 aromatic rings. The smallest absolute Gasteiger partial charge is 0.356 e. The fourth-order valence-electron chi connectivity index (χ4n) is 0.468. The lowest BCUT2D eigenvalue weighted by atomic mass is 10.4. The van der Waals surface area contributed by atoms with Crippen LogP contribution in [0.15, 0.2) is 22.7 Å². The van der Waals surface area contributed by atoms with Crippen molar-refractivity contribution >= 4 is 21.9 Å². The van der Waals surface area contributed by atoms with E-state index in [1.807, 2.05) is 0 Å². The molecule has 0 aliphatic rings. The van der Waals surface area contributed by atoms with Gasteiger partial charge in [0, 0.05) is 10.6 Å². The van der Waals surface area contributed by atoms with E-state index in [9.17, 15) is 4.79 Å². The summed E-state index contributed by atoms with van der Waals surface area (Å²) in [6.07, 6.45) is -0.258. The number of hydrogen-bond acceptors (Lipinski definition) is 3. The van der Waals surface area contributed by atoms with Crippen LogP contribution in [-0.4, -0.2) is 18.1 Å². The van der Waals surface area contributed by atoms with Gasteiger partial charge in [-0.3, -0.25) is 0 Å². The average Bonchev–Trinajstić information content (AvgIpc) is 2.19. The van der Waals surface area contributed by atoms with Gasteiger partial charge in [0.05, 0.1) is 11.2 Å². The van der Waals surface area contributed by atoms with E-state index >= 15 is 0 Å². The highest BCUT2D eigenvalue weighted by Gasteiger charge is 2.04. The molecule has 11 heavy (non-hydrogen) atoms. The molecule has 3 nitrogen and oxygen atoms in total. The van der Waals surface area contributed by atoms with Crippen LogP contribution >= 0.6 is 15.9 Å². The molecule has 0 fully saturated rings. The average molecular weight is 219 g/mol. The molecule has 0 amide bonds. The predicted octanol–water partition coefficient (Wildman–Crippen LogP) is 1.63. The van der Waals surface area contributed by atoms with Crippen molar-refractivity contribution in [2.75, 3.05) is 7.11 Å². The largest absolute Gasteiger partial charge is 0.464 e. The predicted molar refractivity (Wildman–Crippen MR) is 43.3 cm³/mol. The van der Waals surface area contributed by atoms with Gasteiger partial charge in [0.25, 0.3) is 0 Å². The van der Waals surface area contributed by atoms with Crippen LogP contribution in [0.3, 0.4) is 0 Å². The second-order valence-corrected chi connectivity index (χ2v) is 2.42. The van der Waals surface area contributed by atoms with E-state index in [1.165, 1.54) is 0 Å². The van der Waals surface area contributed by atoms with Gasteiger partial charge >= 0.3 is 5.97 Å². The third kappa shape index (κ3) is 2.01. The molecule has 0 unspecified atom stereocenters. The molecule has 0 aliphatic carbocycles. The first-order chi connectivity index (χ1) is 6.49. The monoisotopic (exact) mass is 218 g/mol. The van der Waals surface area contributed by atoms with Gasteiger partial charge in [0.1, 0.15) is 5.69 Å². The van der Waals surface area contributed by atoms with Crippen LogP contribution in [-0.2, 0) is 4.74 Å². The second kappa shape index (κ2) is 3.48. The lowest BCUT2D eigenvalue weighted by Gasteiger charge is -1.96. The zero-order valence-corrected chi connectivity index (χ0v) is 7.23. The number of nitrogens with zero attached hydrogens (tertiary/aromatic N) is 1. The molecule has 0 atom stereocenters. The molecule has 0 radical (unpaired) electrons. The molecular weight excluding hydrogens is 210 g/mol. The minimum absolute atomic E-state index is 0.0927. The summed E-state index contributed by atoms with van der Waals surface area (Å²) in [5, 5.41) is 0. The SMILES string of the molecule is [2H]c1nc(C(=O)OC)c([2H])c([2H])c1Br. The zero-order valence-electron chi connectivity index (χ0n) is 8.64. The van der Waals surface area contributed by atoms with E-state index in [0.29, 0.717) is 0 Å². The standard InChI is InChI=1S/C7H6BrNO2/c1-11-7(10)6-3-2-5(8)4-9-6/h2-4H,1H3/i2D,3D,4D. The number of aromatic nitrogens is 1. The maximum atomic E-state index is 11.1. The van der Waals surface area contributed by atoms with Gasteiger partial charge in [-0.1, -0.05) is 0 Å². The first-order valence-corrected chi connectivity index (χ1v) is 3.50. The topological polar surface area (TPSA) is 39.2 Å². The number of hydrogen-bond donors (Lipinski definition) is 0. The van der Waals surface area contributed by atoms with Crippen molar-refractivity contribution in [3.8, 4) is 0 Å². The molecule has 1 rings (SSSR count).